The van der Waals surface area contributed by atoms with Crippen LogP contribution in [0.25, 0.3) is 11.3 Å². The molecule has 0 saturated carbocycles. The summed E-state index contributed by atoms with van der Waals surface area (Å²) in [4.78, 5) is 8.84. The van der Waals surface area contributed by atoms with Gasteiger partial charge < -0.3 is 15.5 Å². The first-order valence-electron chi connectivity index (χ1n) is 15.3. The minimum absolute atomic E-state index is 0.536. The van der Waals surface area contributed by atoms with Gasteiger partial charge in [0.15, 0.2) is 0 Å². The third-order valence-corrected chi connectivity index (χ3v) is 5.79. The monoisotopic (exact) mass is 552 g/mol. The third kappa shape index (κ3) is 17.6. The van der Waals surface area contributed by atoms with Crippen LogP contribution in [0.5, 0.6) is 5.88 Å². The molecule has 1 unspecified atom stereocenters. The lowest BCUT2D eigenvalue weighted by Crippen LogP contribution is -2.07. The van der Waals surface area contributed by atoms with Crippen LogP contribution in [0.1, 0.15) is 113 Å². The van der Waals surface area contributed by atoms with E-state index < -0.39 is 0 Å². The van der Waals surface area contributed by atoms with Gasteiger partial charge in [0, 0.05) is 24.6 Å². The first-order chi connectivity index (χ1) is 19.1. The number of hydrogen-bond donors (Lipinski definition) is 2. The fraction of sp³-hybridized carbons (Fsp3) is 0.571. The summed E-state index contributed by atoms with van der Waals surface area (Å²) in [7, 11) is 0. The lowest BCUT2D eigenvalue weighted by molar-refractivity contribution is 0.328. The van der Waals surface area contributed by atoms with Gasteiger partial charge in [-0.15, -0.1) is 0 Å². The van der Waals surface area contributed by atoms with Gasteiger partial charge in [0.2, 0.25) is 5.88 Å². The Morgan fingerprint density at radius 1 is 1.12 bits per heavy atom. The Hall–Kier alpha value is -2.95. The van der Waals surface area contributed by atoms with Gasteiger partial charge in [0.05, 0.1) is 23.6 Å². The number of anilines is 1. The minimum Gasteiger partial charge on any atom is -0.477 e. The van der Waals surface area contributed by atoms with E-state index in [1.165, 1.54) is 38.3 Å². The standard InChI is InChI=1S/C18H22N4O.C9H18.C6H14.C2H6/c1-5-23-18-14(7-6-8-20-18)16-9-15(21-11-12(2)3)13(4)17(10-19)22-16;1-4-6-7-8-9(3)5-2;1-4-5-6(2)3;1-2/h6-10,19H,2,5,11H2,1,3-4H3,(H,21,22);7-9H,4-6H2,1-3H3;6H,4-5H2,1-3H3;1-2H3/b;8-7-;;. The molecule has 0 radical (unpaired) electrons. The number of rotatable bonds is 13. The van der Waals surface area contributed by atoms with Crippen molar-refractivity contribution in [3.05, 3.63) is 60.0 Å². The number of nitrogens with one attached hydrogen (secondary N) is 2. The molecule has 0 saturated heterocycles. The van der Waals surface area contributed by atoms with Crippen LogP contribution in [0.15, 0.2) is 48.7 Å². The molecule has 5 nitrogen and oxygen atoms in total. The normalized spacial score (nSPS) is 10.8. The second-order valence-corrected chi connectivity index (χ2v) is 10.1. The number of nitrogens with zero attached hydrogens (tertiary/aromatic N) is 2. The molecule has 2 aromatic heterocycles. The van der Waals surface area contributed by atoms with E-state index in [1.54, 1.807) is 6.20 Å². The first kappa shape index (κ1) is 39.2. The smallest absolute Gasteiger partial charge is 0.222 e. The summed E-state index contributed by atoms with van der Waals surface area (Å²) in [5.74, 6) is 2.22. The Balaban J connectivity index is 0. The van der Waals surface area contributed by atoms with E-state index >= 15 is 0 Å². The number of allylic oxidation sites excluding steroid dienone is 2. The molecule has 0 amide bonds. The molecule has 2 aromatic rings. The third-order valence-electron chi connectivity index (χ3n) is 5.79. The number of aromatic nitrogens is 2. The Morgan fingerprint density at radius 3 is 2.27 bits per heavy atom. The maximum absolute atomic E-state index is 7.61. The van der Waals surface area contributed by atoms with E-state index in [9.17, 15) is 0 Å². The van der Waals surface area contributed by atoms with Crippen molar-refractivity contribution in [2.45, 2.75) is 108 Å². The largest absolute Gasteiger partial charge is 0.477 e. The van der Waals surface area contributed by atoms with E-state index in [-0.39, 0.29) is 0 Å². The molecule has 0 aliphatic rings. The van der Waals surface area contributed by atoms with Crippen molar-refractivity contribution in [3.63, 3.8) is 0 Å². The van der Waals surface area contributed by atoms with Gasteiger partial charge >= 0.3 is 0 Å². The summed E-state index contributed by atoms with van der Waals surface area (Å²) < 4.78 is 5.59. The van der Waals surface area contributed by atoms with Crippen molar-refractivity contribution in [1.29, 1.82) is 5.41 Å². The molecule has 0 aliphatic heterocycles. The van der Waals surface area contributed by atoms with Gasteiger partial charge in [-0.05, 0) is 62.8 Å². The second kappa shape index (κ2) is 25.0. The molecule has 0 spiro atoms. The molecule has 0 aromatic carbocycles. The van der Waals surface area contributed by atoms with Gasteiger partial charge in [-0.3, -0.25) is 0 Å². The SMILES string of the molecule is C=C(C)CNc1cc(-c2cccnc2OCC)nc(C=N)c1C.CC.CCC/C=C\C(C)CC.CCCC(C)C. The highest BCUT2D eigenvalue weighted by atomic mass is 16.5. The summed E-state index contributed by atoms with van der Waals surface area (Å²) in [6.45, 7) is 28.4. The molecule has 2 N–H and O–H groups in total. The highest BCUT2D eigenvalue weighted by Crippen LogP contribution is 2.30. The van der Waals surface area contributed by atoms with Crippen molar-refractivity contribution >= 4 is 11.9 Å². The lowest BCUT2D eigenvalue weighted by atomic mass is 10.1. The zero-order valence-corrected chi connectivity index (χ0v) is 27.7. The summed E-state index contributed by atoms with van der Waals surface area (Å²) in [5, 5.41) is 11.0. The van der Waals surface area contributed by atoms with Gasteiger partial charge in [-0.1, -0.05) is 105 Å². The van der Waals surface area contributed by atoms with Gasteiger partial charge in [0.25, 0.3) is 0 Å². The molecular weight excluding hydrogens is 492 g/mol. The summed E-state index contributed by atoms with van der Waals surface area (Å²) in [6, 6.07) is 5.74. The van der Waals surface area contributed by atoms with Crippen molar-refractivity contribution in [3.8, 4) is 17.1 Å². The van der Waals surface area contributed by atoms with E-state index in [4.69, 9.17) is 10.1 Å². The van der Waals surface area contributed by atoms with E-state index in [0.29, 0.717) is 24.7 Å². The van der Waals surface area contributed by atoms with Crippen LogP contribution in [0.4, 0.5) is 5.69 Å². The average molecular weight is 553 g/mol. The van der Waals surface area contributed by atoms with E-state index in [2.05, 4.69) is 75.6 Å². The molecule has 5 heteroatoms. The average Bonchev–Trinajstić information content (AvgIpc) is 2.94. The van der Waals surface area contributed by atoms with Crippen molar-refractivity contribution in [1.82, 2.24) is 9.97 Å². The minimum atomic E-state index is 0.536. The summed E-state index contributed by atoms with van der Waals surface area (Å²) in [6.07, 6.45) is 14.0. The Labute approximate surface area is 247 Å². The molecule has 2 heterocycles. The fourth-order valence-corrected chi connectivity index (χ4v) is 3.38. The molecule has 0 aliphatic carbocycles. The molecule has 1 atom stereocenters. The number of unbranched alkanes of at least 4 members (excludes halogenated alkanes) is 1. The molecule has 0 fully saturated rings. The summed E-state index contributed by atoms with van der Waals surface area (Å²) >= 11 is 0. The van der Waals surface area contributed by atoms with Crippen LogP contribution in [0, 0.1) is 24.2 Å². The van der Waals surface area contributed by atoms with Crippen LogP contribution in [-0.2, 0) is 0 Å². The van der Waals surface area contributed by atoms with Crippen LogP contribution in [0.3, 0.4) is 0 Å². The summed E-state index contributed by atoms with van der Waals surface area (Å²) in [5.41, 5.74) is 5.08. The van der Waals surface area contributed by atoms with Gasteiger partial charge in [-0.2, -0.15) is 0 Å². The fourth-order valence-electron chi connectivity index (χ4n) is 3.38. The van der Waals surface area contributed by atoms with Crippen molar-refractivity contribution < 1.29 is 4.74 Å². The number of hydrogen-bond acceptors (Lipinski definition) is 5. The van der Waals surface area contributed by atoms with Crippen molar-refractivity contribution in [2.75, 3.05) is 18.5 Å². The van der Waals surface area contributed by atoms with Crippen LogP contribution in [-0.4, -0.2) is 29.3 Å². The Kier molecular flexibility index (Phi) is 24.5. The molecule has 226 valence electrons. The van der Waals surface area contributed by atoms with E-state index in [0.717, 1.165) is 39.9 Å². The maximum atomic E-state index is 7.61. The van der Waals surface area contributed by atoms with E-state index in [1.807, 2.05) is 52.8 Å². The predicted octanol–water partition coefficient (Wildman–Crippen LogP) is 10.7. The molecule has 0 bridgehead atoms. The maximum Gasteiger partial charge on any atom is 0.222 e. The Bertz CT molecular complexity index is 966. The van der Waals surface area contributed by atoms with Gasteiger partial charge in [-0.25, -0.2) is 9.97 Å². The highest BCUT2D eigenvalue weighted by molar-refractivity contribution is 5.83. The number of ether oxygens (including phenoxy) is 1. The topological polar surface area (TPSA) is 70.9 Å². The zero-order chi connectivity index (χ0) is 30.9. The lowest BCUT2D eigenvalue weighted by Gasteiger charge is -2.15. The Morgan fingerprint density at radius 2 is 1.80 bits per heavy atom. The molecule has 2 rings (SSSR count). The van der Waals surface area contributed by atoms with Crippen LogP contribution >= 0.6 is 0 Å². The predicted molar refractivity (Wildman–Crippen MR) is 179 cm³/mol. The van der Waals surface area contributed by atoms with Crippen molar-refractivity contribution in [2.24, 2.45) is 11.8 Å². The second-order valence-electron chi connectivity index (χ2n) is 10.1. The molecular formula is C35H60N4O. The van der Waals surface area contributed by atoms with Gasteiger partial charge in [0.1, 0.15) is 0 Å². The van der Waals surface area contributed by atoms with Crippen LogP contribution < -0.4 is 10.1 Å². The quantitative estimate of drug-likeness (QED) is 0.191. The highest BCUT2D eigenvalue weighted by Gasteiger charge is 2.13. The molecule has 40 heavy (non-hydrogen) atoms. The number of pyridine rings is 2. The van der Waals surface area contributed by atoms with Crippen LogP contribution in [0.2, 0.25) is 0 Å². The zero-order valence-electron chi connectivity index (χ0n) is 27.7. The first-order valence-corrected chi connectivity index (χ1v) is 15.3.